The Morgan fingerprint density at radius 2 is 2.31 bits per heavy atom. The number of hydrogen-bond donors (Lipinski definition) is 0. The van der Waals surface area contributed by atoms with Crippen LogP contribution in [0, 0.1) is 0 Å². The van der Waals surface area contributed by atoms with Crippen molar-refractivity contribution < 1.29 is 14.3 Å². The van der Waals surface area contributed by atoms with E-state index in [-0.39, 0.29) is 12.8 Å². The monoisotopic (exact) mass is 225 g/mol. The number of aromatic nitrogens is 3. The van der Waals surface area contributed by atoms with Crippen molar-refractivity contribution in [2.45, 2.75) is 20.1 Å². The van der Waals surface area contributed by atoms with E-state index < -0.39 is 5.97 Å². The van der Waals surface area contributed by atoms with E-state index in [0.717, 1.165) is 0 Å². The zero-order valence-corrected chi connectivity index (χ0v) is 9.42. The average Bonchev–Trinajstić information content (AvgIpc) is 2.76. The first-order chi connectivity index (χ1) is 7.61. The number of rotatable bonds is 6. The SMILES string of the molecule is C=C(C)C(=O)OCCOC(C)n1cncn1. The van der Waals surface area contributed by atoms with Gasteiger partial charge in [0.25, 0.3) is 0 Å². The second-order valence-corrected chi connectivity index (χ2v) is 3.26. The summed E-state index contributed by atoms with van der Waals surface area (Å²) in [5, 5.41) is 3.92. The number of esters is 1. The predicted octanol–water partition coefficient (Wildman–Crippen LogP) is 0.933. The van der Waals surface area contributed by atoms with Crippen molar-refractivity contribution in [1.29, 1.82) is 0 Å². The average molecular weight is 225 g/mol. The number of carbonyl (C=O) groups excluding carboxylic acids is 1. The Kier molecular flexibility index (Phi) is 4.65. The summed E-state index contributed by atoms with van der Waals surface area (Å²) in [5.74, 6) is -0.406. The van der Waals surface area contributed by atoms with E-state index in [9.17, 15) is 4.79 Å². The van der Waals surface area contributed by atoms with Gasteiger partial charge in [-0.25, -0.2) is 14.5 Å². The zero-order valence-electron chi connectivity index (χ0n) is 9.42. The summed E-state index contributed by atoms with van der Waals surface area (Å²) in [4.78, 5) is 14.8. The lowest BCUT2D eigenvalue weighted by Crippen LogP contribution is -2.15. The highest BCUT2D eigenvalue weighted by Gasteiger charge is 2.06. The minimum Gasteiger partial charge on any atom is -0.460 e. The molecule has 16 heavy (non-hydrogen) atoms. The summed E-state index contributed by atoms with van der Waals surface area (Å²) in [6.45, 7) is 7.40. The molecule has 0 spiro atoms. The molecule has 0 fully saturated rings. The molecule has 0 bridgehead atoms. The molecule has 1 aromatic rings. The molecule has 0 aliphatic heterocycles. The molecule has 0 aromatic carbocycles. The smallest absolute Gasteiger partial charge is 0.333 e. The second kappa shape index (κ2) is 6.02. The zero-order chi connectivity index (χ0) is 12.0. The van der Waals surface area contributed by atoms with E-state index in [1.165, 1.54) is 6.33 Å². The van der Waals surface area contributed by atoms with Gasteiger partial charge in [-0.1, -0.05) is 6.58 Å². The van der Waals surface area contributed by atoms with Crippen LogP contribution in [0.25, 0.3) is 0 Å². The Morgan fingerprint density at radius 3 is 2.88 bits per heavy atom. The van der Waals surface area contributed by atoms with Crippen LogP contribution in [0.3, 0.4) is 0 Å². The van der Waals surface area contributed by atoms with E-state index in [4.69, 9.17) is 9.47 Å². The van der Waals surface area contributed by atoms with Gasteiger partial charge in [0, 0.05) is 5.57 Å². The van der Waals surface area contributed by atoms with Crippen molar-refractivity contribution in [3.8, 4) is 0 Å². The lowest BCUT2D eigenvalue weighted by molar-refractivity contribution is -0.141. The fourth-order valence-corrected chi connectivity index (χ4v) is 0.958. The van der Waals surface area contributed by atoms with Crippen LogP contribution in [0.1, 0.15) is 20.1 Å². The van der Waals surface area contributed by atoms with Gasteiger partial charge in [0.1, 0.15) is 25.5 Å². The van der Waals surface area contributed by atoms with Crippen LogP contribution in [-0.2, 0) is 14.3 Å². The molecule has 0 N–H and O–H groups in total. The molecule has 0 saturated carbocycles. The van der Waals surface area contributed by atoms with Crippen molar-refractivity contribution in [2.75, 3.05) is 13.2 Å². The van der Waals surface area contributed by atoms with Gasteiger partial charge in [-0.15, -0.1) is 0 Å². The van der Waals surface area contributed by atoms with Crippen molar-refractivity contribution in [2.24, 2.45) is 0 Å². The maximum absolute atomic E-state index is 11.0. The first-order valence-corrected chi connectivity index (χ1v) is 4.89. The van der Waals surface area contributed by atoms with E-state index >= 15 is 0 Å². The molecule has 6 nitrogen and oxygen atoms in total. The first-order valence-electron chi connectivity index (χ1n) is 4.89. The standard InChI is InChI=1S/C10H15N3O3/c1-8(2)10(14)16-5-4-15-9(3)13-7-11-6-12-13/h6-7,9H,1,4-5H2,2-3H3. The largest absolute Gasteiger partial charge is 0.460 e. The van der Waals surface area contributed by atoms with Gasteiger partial charge >= 0.3 is 5.97 Å². The van der Waals surface area contributed by atoms with Crippen molar-refractivity contribution in [1.82, 2.24) is 14.8 Å². The topological polar surface area (TPSA) is 66.2 Å². The van der Waals surface area contributed by atoms with Crippen LogP contribution in [0.5, 0.6) is 0 Å². The molecule has 0 aliphatic carbocycles. The van der Waals surface area contributed by atoms with Crippen molar-refractivity contribution >= 4 is 5.97 Å². The first kappa shape index (κ1) is 12.4. The molecule has 1 unspecified atom stereocenters. The lowest BCUT2D eigenvalue weighted by atomic mass is 10.4. The maximum Gasteiger partial charge on any atom is 0.333 e. The number of hydrogen-bond acceptors (Lipinski definition) is 5. The molecule has 1 heterocycles. The van der Waals surface area contributed by atoms with Crippen LogP contribution in [0.4, 0.5) is 0 Å². The Hall–Kier alpha value is -1.69. The molecule has 0 amide bonds. The minimum atomic E-state index is -0.406. The normalized spacial score (nSPS) is 12.1. The van der Waals surface area contributed by atoms with Gasteiger partial charge < -0.3 is 9.47 Å². The lowest BCUT2D eigenvalue weighted by Gasteiger charge is -2.12. The summed E-state index contributed by atoms with van der Waals surface area (Å²) in [6, 6.07) is 0. The number of carbonyl (C=O) groups is 1. The van der Waals surface area contributed by atoms with Gasteiger partial charge in [-0.3, -0.25) is 0 Å². The Morgan fingerprint density at radius 1 is 1.56 bits per heavy atom. The van der Waals surface area contributed by atoms with Crippen LogP contribution >= 0.6 is 0 Å². The van der Waals surface area contributed by atoms with E-state index in [1.54, 1.807) is 17.9 Å². The Balaban J connectivity index is 2.16. The van der Waals surface area contributed by atoms with E-state index in [0.29, 0.717) is 12.2 Å². The molecule has 1 rings (SSSR count). The fraction of sp³-hybridized carbons (Fsp3) is 0.500. The van der Waals surface area contributed by atoms with Gasteiger partial charge in [-0.2, -0.15) is 5.10 Å². The highest BCUT2D eigenvalue weighted by atomic mass is 16.6. The minimum absolute atomic E-state index is 0.199. The summed E-state index contributed by atoms with van der Waals surface area (Å²) >= 11 is 0. The van der Waals surface area contributed by atoms with Gasteiger partial charge in [-0.05, 0) is 13.8 Å². The van der Waals surface area contributed by atoms with Crippen molar-refractivity contribution in [3.05, 3.63) is 24.8 Å². The fourth-order valence-electron chi connectivity index (χ4n) is 0.958. The Bertz CT molecular complexity index is 348. The molecular weight excluding hydrogens is 210 g/mol. The van der Waals surface area contributed by atoms with Crippen LogP contribution in [-0.4, -0.2) is 33.9 Å². The van der Waals surface area contributed by atoms with Crippen molar-refractivity contribution in [3.63, 3.8) is 0 Å². The Labute approximate surface area is 93.9 Å². The highest BCUT2D eigenvalue weighted by Crippen LogP contribution is 2.03. The molecule has 0 aliphatic rings. The van der Waals surface area contributed by atoms with Crippen LogP contribution in [0.15, 0.2) is 24.8 Å². The predicted molar refractivity (Wildman–Crippen MR) is 56.5 cm³/mol. The van der Waals surface area contributed by atoms with E-state index in [1.807, 2.05) is 6.92 Å². The third kappa shape index (κ3) is 3.82. The van der Waals surface area contributed by atoms with Gasteiger partial charge in [0.15, 0.2) is 0 Å². The summed E-state index contributed by atoms with van der Waals surface area (Å²) < 4.78 is 11.8. The summed E-state index contributed by atoms with van der Waals surface area (Å²) in [6.07, 6.45) is 2.76. The molecule has 1 aromatic heterocycles. The summed E-state index contributed by atoms with van der Waals surface area (Å²) in [7, 11) is 0. The molecule has 1 atom stereocenters. The summed E-state index contributed by atoms with van der Waals surface area (Å²) in [5.41, 5.74) is 0.379. The third-order valence-electron chi connectivity index (χ3n) is 1.83. The maximum atomic E-state index is 11.0. The molecule has 0 radical (unpaired) electrons. The highest BCUT2D eigenvalue weighted by molar-refractivity contribution is 5.86. The van der Waals surface area contributed by atoms with E-state index in [2.05, 4.69) is 16.7 Å². The molecule has 88 valence electrons. The number of nitrogens with zero attached hydrogens (tertiary/aromatic N) is 3. The second-order valence-electron chi connectivity index (χ2n) is 3.26. The third-order valence-corrected chi connectivity index (χ3v) is 1.83. The molecular formula is C10H15N3O3. The molecule has 6 heteroatoms. The van der Waals surface area contributed by atoms with Gasteiger partial charge in [0.2, 0.25) is 0 Å². The quantitative estimate of drug-likeness (QED) is 0.409. The van der Waals surface area contributed by atoms with Gasteiger partial charge in [0.05, 0.1) is 6.61 Å². The number of ether oxygens (including phenoxy) is 2. The molecule has 0 saturated heterocycles. The van der Waals surface area contributed by atoms with Crippen LogP contribution < -0.4 is 0 Å². The van der Waals surface area contributed by atoms with Crippen LogP contribution in [0.2, 0.25) is 0 Å².